The molecule has 0 atom stereocenters. The molecule has 6 heteroatoms. The van der Waals surface area contributed by atoms with Crippen molar-refractivity contribution >= 4 is 34.7 Å². The van der Waals surface area contributed by atoms with Crippen LogP contribution in [-0.2, 0) is 0 Å². The Labute approximate surface area is 135 Å². The van der Waals surface area contributed by atoms with Gasteiger partial charge in [0.2, 0.25) is 0 Å². The molecular formula is C15H19ClN2O2S. The van der Waals surface area contributed by atoms with Crippen molar-refractivity contribution in [2.75, 3.05) is 13.7 Å². The lowest BCUT2D eigenvalue weighted by Crippen LogP contribution is -2.43. The van der Waals surface area contributed by atoms with Gasteiger partial charge in [0.15, 0.2) is 0 Å². The number of hydrogen-bond acceptors (Lipinski definition) is 3. The highest BCUT2D eigenvalue weighted by molar-refractivity contribution is 7.80. The molecule has 2 N–H and O–H groups in total. The van der Waals surface area contributed by atoms with Gasteiger partial charge in [0, 0.05) is 11.1 Å². The van der Waals surface area contributed by atoms with Crippen molar-refractivity contribution in [2.45, 2.75) is 31.7 Å². The molecule has 1 aromatic carbocycles. The van der Waals surface area contributed by atoms with Crippen molar-refractivity contribution in [1.82, 2.24) is 4.90 Å². The van der Waals surface area contributed by atoms with Crippen molar-refractivity contribution in [2.24, 2.45) is 5.73 Å². The second-order valence-corrected chi connectivity index (χ2v) is 6.14. The van der Waals surface area contributed by atoms with Gasteiger partial charge in [-0.1, -0.05) is 36.7 Å². The van der Waals surface area contributed by atoms with Crippen molar-refractivity contribution in [1.29, 1.82) is 0 Å². The van der Waals surface area contributed by atoms with E-state index in [1.807, 2.05) is 0 Å². The van der Waals surface area contributed by atoms with Crippen LogP contribution in [0.25, 0.3) is 0 Å². The average molecular weight is 327 g/mol. The number of methoxy groups -OCH3 is 1. The summed E-state index contributed by atoms with van der Waals surface area (Å²) in [6.45, 7) is 0.296. The van der Waals surface area contributed by atoms with Gasteiger partial charge in [-0.15, -0.1) is 0 Å². The van der Waals surface area contributed by atoms with Gasteiger partial charge in [0.25, 0.3) is 5.91 Å². The number of rotatable bonds is 5. The zero-order valence-corrected chi connectivity index (χ0v) is 13.5. The number of thiocarbonyl (C=S) groups is 1. The Balaban J connectivity index is 2.30. The van der Waals surface area contributed by atoms with Gasteiger partial charge in [-0.25, -0.2) is 0 Å². The highest BCUT2D eigenvalue weighted by atomic mass is 35.5. The number of benzene rings is 1. The Morgan fingerprint density at radius 3 is 2.71 bits per heavy atom. The lowest BCUT2D eigenvalue weighted by molar-refractivity contribution is 0.0711. The smallest absolute Gasteiger partial charge is 0.258 e. The van der Waals surface area contributed by atoms with Crippen LogP contribution >= 0.6 is 23.8 Å². The molecule has 114 valence electrons. The standard InChI is InChI=1S/C15H19ClN2O2S/c1-20-13-8-10(16)6-7-12(13)15(19)18(9-14(17)21)11-4-2-3-5-11/h6-8,11H,2-5,9H2,1H3,(H2,17,21). The molecule has 0 heterocycles. The summed E-state index contributed by atoms with van der Waals surface area (Å²) in [5.41, 5.74) is 6.15. The summed E-state index contributed by atoms with van der Waals surface area (Å²) < 4.78 is 5.27. The van der Waals surface area contributed by atoms with Crippen LogP contribution < -0.4 is 10.5 Å². The third-order valence-electron chi connectivity index (χ3n) is 3.75. The zero-order chi connectivity index (χ0) is 15.4. The van der Waals surface area contributed by atoms with Gasteiger partial charge in [0.1, 0.15) is 5.75 Å². The van der Waals surface area contributed by atoms with Crippen molar-refractivity contribution in [3.63, 3.8) is 0 Å². The van der Waals surface area contributed by atoms with Crippen LogP contribution in [0.5, 0.6) is 5.75 Å². The molecule has 1 saturated carbocycles. The molecule has 0 aromatic heterocycles. The topological polar surface area (TPSA) is 55.6 Å². The van der Waals surface area contributed by atoms with E-state index < -0.39 is 0 Å². The van der Waals surface area contributed by atoms with E-state index in [-0.39, 0.29) is 11.9 Å². The largest absolute Gasteiger partial charge is 0.496 e. The fourth-order valence-corrected chi connectivity index (χ4v) is 3.05. The van der Waals surface area contributed by atoms with Crippen molar-refractivity contribution in [3.8, 4) is 5.75 Å². The zero-order valence-electron chi connectivity index (χ0n) is 12.0. The van der Waals surface area contributed by atoms with E-state index in [0.717, 1.165) is 25.7 Å². The van der Waals surface area contributed by atoms with E-state index in [1.54, 1.807) is 23.1 Å². The Kier molecular flexibility index (Phi) is 5.42. The molecule has 0 radical (unpaired) electrons. The second-order valence-electron chi connectivity index (χ2n) is 5.18. The molecule has 1 fully saturated rings. The molecule has 0 aliphatic heterocycles. The van der Waals surface area contributed by atoms with E-state index in [2.05, 4.69) is 0 Å². The molecule has 4 nitrogen and oxygen atoms in total. The maximum atomic E-state index is 12.8. The van der Waals surface area contributed by atoms with Crippen LogP contribution in [0, 0.1) is 0 Å². The SMILES string of the molecule is COc1cc(Cl)ccc1C(=O)N(CC(N)=S)C1CCCC1. The molecule has 0 bridgehead atoms. The predicted molar refractivity (Wildman–Crippen MR) is 88.1 cm³/mol. The lowest BCUT2D eigenvalue weighted by Gasteiger charge is -2.29. The van der Waals surface area contributed by atoms with E-state index in [0.29, 0.717) is 27.9 Å². The molecule has 1 amide bonds. The van der Waals surface area contributed by atoms with Gasteiger partial charge in [-0.3, -0.25) is 4.79 Å². The quantitative estimate of drug-likeness (QED) is 0.845. The first kappa shape index (κ1) is 16.0. The van der Waals surface area contributed by atoms with E-state index in [4.69, 9.17) is 34.3 Å². The number of amides is 1. The molecule has 1 aliphatic carbocycles. The van der Waals surface area contributed by atoms with E-state index in [9.17, 15) is 4.79 Å². The molecular weight excluding hydrogens is 308 g/mol. The Morgan fingerprint density at radius 2 is 2.14 bits per heavy atom. The minimum atomic E-state index is -0.108. The van der Waals surface area contributed by atoms with Gasteiger partial charge in [0.05, 0.1) is 24.2 Å². The number of carbonyl (C=O) groups excluding carboxylic acids is 1. The molecule has 0 unspecified atom stereocenters. The maximum absolute atomic E-state index is 12.8. The average Bonchev–Trinajstić information content (AvgIpc) is 2.97. The summed E-state index contributed by atoms with van der Waals surface area (Å²) in [6, 6.07) is 5.21. The molecule has 0 saturated heterocycles. The van der Waals surface area contributed by atoms with Crippen molar-refractivity contribution < 1.29 is 9.53 Å². The monoisotopic (exact) mass is 326 g/mol. The molecule has 2 rings (SSSR count). The summed E-state index contributed by atoms with van der Waals surface area (Å²) in [7, 11) is 1.52. The minimum absolute atomic E-state index is 0.108. The maximum Gasteiger partial charge on any atom is 0.258 e. The summed E-state index contributed by atoms with van der Waals surface area (Å²) >= 11 is 10.9. The molecule has 1 aromatic rings. The number of nitrogens with zero attached hydrogens (tertiary/aromatic N) is 1. The summed E-state index contributed by atoms with van der Waals surface area (Å²) in [6.07, 6.45) is 4.24. The number of nitrogens with two attached hydrogens (primary N) is 1. The Hall–Kier alpha value is -1.33. The van der Waals surface area contributed by atoms with Crippen LogP contribution in [0.15, 0.2) is 18.2 Å². The van der Waals surface area contributed by atoms with Crippen LogP contribution in [-0.4, -0.2) is 35.5 Å². The summed E-state index contributed by atoms with van der Waals surface area (Å²) in [5.74, 6) is 0.363. The van der Waals surface area contributed by atoms with Crippen LogP contribution in [0.3, 0.4) is 0 Å². The van der Waals surface area contributed by atoms with Crippen molar-refractivity contribution in [3.05, 3.63) is 28.8 Å². The van der Waals surface area contributed by atoms with Crippen LogP contribution in [0.1, 0.15) is 36.0 Å². The third kappa shape index (κ3) is 3.86. The highest BCUT2D eigenvalue weighted by Gasteiger charge is 2.29. The van der Waals surface area contributed by atoms with E-state index in [1.165, 1.54) is 7.11 Å². The fourth-order valence-electron chi connectivity index (χ4n) is 2.75. The minimum Gasteiger partial charge on any atom is -0.496 e. The van der Waals surface area contributed by atoms with Gasteiger partial charge >= 0.3 is 0 Å². The summed E-state index contributed by atoms with van der Waals surface area (Å²) in [5, 5.41) is 0.533. The van der Waals surface area contributed by atoms with Gasteiger partial charge in [-0.05, 0) is 31.0 Å². The molecule has 21 heavy (non-hydrogen) atoms. The third-order valence-corrected chi connectivity index (χ3v) is 4.11. The van der Waals surface area contributed by atoms with Crippen LogP contribution in [0.2, 0.25) is 5.02 Å². The second kappa shape index (κ2) is 7.09. The summed E-state index contributed by atoms with van der Waals surface area (Å²) in [4.78, 5) is 14.9. The highest BCUT2D eigenvalue weighted by Crippen LogP contribution is 2.29. The normalized spacial score (nSPS) is 15.0. The van der Waals surface area contributed by atoms with Gasteiger partial charge < -0.3 is 15.4 Å². The number of carbonyl (C=O) groups is 1. The first-order chi connectivity index (χ1) is 10.0. The first-order valence-corrected chi connectivity index (χ1v) is 7.74. The molecule has 0 spiro atoms. The Morgan fingerprint density at radius 1 is 1.48 bits per heavy atom. The van der Waals surface area contributed by atoms with E-state index >= 15 is 0 Å². The Bertz CT molecular complexity index is 544. The number of halogens is 1. The van der Waals surface area contributed by atoms with Gasteiger partial charge in [-0.2, -0.15) is 0 Å². The predicted octanol–water partition coefficient (Wildman–Crippen LogP) is 3.02. The van der Waals surface area contributed by atoms with Crippen LogP contribution in [0.4, 0.5) is 0 Å². The number of hydrogen-bond donors (Lipinski definition) is 1. The molecule has 1 aliphatic rings. The fraction of sp³-hybridized carbons (Fsp3) is 0.467. The first-order valence-electron chi connectivity index (χ1n) is 6.95. The number of ether oxygens (including phenoxy) is 1. The lowest BCUT2D eigenvalue weighted by atomic mass is 10.1.